The lowest BCUT2D eigenvalue weighted by molar-refractivity contribution is -0.425. The van der Waals surface area contributed by atoms with Gasteiger partial charge in [0, 0.05) is 0 Å². The number of aliphatic hydroxyl groups is 2. The van der Waals surface area contributed by atoms with Gasteiger partial charge in [0.05, 0.1) is 19.9 Å². The zero-order chi connectivity index (χ0) is 19.3. The first-order valence-electron chi connectivity index (χ1n) is 8.89. The third-order valence-electron chi connectivity index (χ3n) is 4.12. The van der Waals surface area contributed by atoms with Gasteiger partial charge in [0.15, 0.2) is 0 Å². The van der Waals surface area contributed by atoms with Gasteiger partial charge < -0.3 is 46.0 Å². The highest BCUT2D eigenvalue weighted by molar-refractivity contribution is 7.43. The maximum atomic E-state index is 11.5. The number of phosphoric acid groups is 1. The number of phosphoric ester groups is 1. The molecule has 10 N–H and O–H groups in total. The van der Waals surface area contributed by atoms with Crippen molar-refractivity contribution in [3.63, 3.8) is 0 Å². The number of alkyl halides is 1. The molecule has 0 atom stereocenters. The lowest BCUT2D eigenvalue weighted by atomic mass is 9.97. The quantitative estimate of drug-likeness (QED) is 0.301. The lowest BCUT2D eigenvalue weighted by Gasteiger charge is -2.31. The summed E-state index contributed by atoms with van der Waals surface area (Å²) >= 11 is 0. The molecular formula is C15H36FN2O7P. The zero-order valence-corrected chi connectivity index (χ0v) is 16.3. The maximum Gasteiger partial charge on any atom is 0.216 e. The largest absolute Gasteiger partial charge is 0.790 e. The number of halogens is 1. The first-order valence-corrected chi connectivity index (χ1v) is 10.4. The standard InChI is InChI=1S/2C6H13N.C3H8FO6P.H2O/c2*7-6-4-2-1-3-5-6;4-1-3(5,6)2-10-11(7,8)9;/h2*6H,1-5,7H2;5-6H,1-2H2,(H2,7,8,9);1H2. The zero-order valence-electron chi connectivity index (χ0n) is 15.4. The minimum absolute atomic E-state index is 0. The third kappa shape index (κ3) is 18.6. The molecule has 0 aromatic carbocycles. The van der Waals surface area contributed by atoms with E-state index in [1.54, 1.807) is 0 Å². The molecule has 26 heavy (non-hydrogen) atoms. The van der Waals surface area contributed by atoms with E-state index in [1.165, 1.54) is 64.2 Å². The fourth-order valence-corrected chi connectivity index (χ4v) is 2.96. The van der Waals surface area contributed by atoms with E-state index in [0.29, 0.717) is 0 Å². The van der Waals surface area contributed by atoms with E-state index in [2.05, 4.69) is 16.0 Å². The number of rotatable bonds is 4. The summed E-state index contributed by atoms with van der Waals surface area (Å²) in [6.45, 7) is -2.92. The first-order chi connectivity index (χ1) is 11.6. The predicted molar refractivity (Wildman–Crippen MR) is 89.8 cm³/mol. The molecule has 0 aromatic rings. The van der Waals surface area contributed by atoms with Crippen LogP contribution < -0.4 is 21.3 Å². The lowest BCUT2D eigenvalue weighted by Crippen LogP contribution is -2.61. The van der Waals surface area contributed by atoms with Crippen LogP contribution in [-0.2, 0) is 9.09 Å². The Labute approximate surface area is 154 Å². The topological polar surface area (TPSA) is 200 Å². The molecule has 2 aliphatic rings. The minimum atomic E-state index is -5.26. The molecule has 0 radical (unpaired) electrons. The molecule has 0 aliphatic heterocycles. The Kier molecular flexibility index (Phi) is 16.0. The molecule has 9 nitrogen and oxygen atoms in total. The van der Waals surface area contributed by atoms with Gasteiger partial charge in [-0.3, -0.25) is 0 Å². The Bertz CT molecular complexity index is 357. The van der Waals surface area contributed by atoms with Crippen LogP contribution in [-0.4, -0.2) is 46.8 Å². The van der Waals surface area contributed by atoms with Crippen molar-refractivity contribution < 1.29 is 50.4 Å². The van der Waals surface area contributed by atoms with Gasteiger partial charge in [0.25, 0.3) is 0 Å². The van der Waals surface area contributed by atoms with Gasteiger partial charge in [-0.1, -0.05) is 12.8 Å². The van der Waals surface area contributed by atoms with Crippen LogP contribution in [0, 0.1) is 0 Å². The van der Waals surface area contributed by atoms with Crippen molar-refractivity contribution in [3.8, 4) is 0 Å². The maximum absolute atomic E-state index is 11.5. The van der Waals surface area contributed by atoms with Crippen LogP contribution in [0.3, 0.4) is 0 Å². The fraction of sp³-hybridized carbons (Fsp3) is 1.00. The van der Waals surface area contributed by atoms with E-state index in [1.807, 2.05) is 0 Å². The first kappa shape index (κ1) is 28.1. The van der Waals surface area contributed by atoms with Crippen molar-refractivity contribution in [1.29, 1.82) is 0 Å². The molecule has 0 bridgehead atoms. The van der Waals surface area contributed by atoms with Crippen LogP contribution in [0.15, 0.2) is 0 Å². The van der Waals surface area contributed by atoms with Crippen LogP contribution in [0.1, 0.15) is 64.2 Å². The summed E-state index contributed by atoms with van der Waals surface area (Å²) in [5.74, 6) is -2.91. The number of hydrogen-bond acceptors (Lipinski definition) is 6. The third-order valence-corrected chi connectivity index (χ3v) is 4.56. The van der Waals surface area contributed by atoms with E-state index >= 15 is 0 Å². The molecule has 0 saturated heterocycles. The van der Waals surface area contributed by atoms with E-state index in [-0.39, 0.29) is 5.48 Å². The Morgan fingerprint density at radius 2 is 1.31 bits per heavy atom. The van der Waals surface area contributed by atoms with Gasteiger partial charge >= 0.3 is 0 Å². The Hall–Kier alpha value is -0.160. The van der Waals surface area contributed by atoms with Crippen molar-refractivity contribution in [1.82, 2.24) is 0 Å². The smallest absolute Gasteiger partial charge is 0.216 e. The summed E-state index contributed by atoms with van der Waals surface area (Å²) < 4.78 is 24.6. The molecule has 0 heterocycles. The van der Waals surface area contributed by atoms with Crippen molar-refractivity contribution >= 4 is 7.82 Å². The van der Waals surface area contributed by atoms with Crippen LogP contribution >= 0.6 is 7.82 Å². The van der Waals surface area contributed by atoms with Crippen LogP contribution in [0.4, 0.5) is 4.39 Å². The normalized spacial score (nSPS) is 19.3. The molecule has 0 spiro atoms. The molecular weight excluding hydrogens is 370 g/mol. The SMILES string of the molecule is O.O=P([O-])([O-])OCC(O)(O)CF.[NH3+]C1CCCCC1.[NH3+]C1CCCCC1. The summed E-state index contributed by atoms with van der Waals surface area (Å²) in [6, 6.07) is 1.57. The number of quaternary nitrogens is 2. The van der Waals surface area contributed by atoms with E-state index in [0.717, 1.165) is 12.1 Å². The number of hydrogen-bond donors (Lipinski definition) is 4. The Morgan fingerprint density at radius 3 is 1.50 bits per heavy atom. The van der Waals surface area contributed by atoms with Crippen molar-refractivity contribution in [2.24, 2.45) is 0 Å². The van der Waals surface area contributed by atoms with Crippen molar-refractivity contribution in [2.45, 2.75) is 82.1 Å². The highest BCUT2D eigenvalue weighted by Gasteiger charge is 2.23. The van der Waals surface area contributed by atoms with E-state index in [9.17, 15) is 18.7 Å². The Morgan fingerprint density at radius 1 is 0.962 bits per heavy atom. The van der Waals surface area contributed by atoms with Gasteiger partial charge in [-0.15, -0.1) is 0 Å². The highest BCUT2D eigenvalue weighted by atomic mass is 31.2. The highest BCUT2D eigenvalue weighted by Crippen LogP contribution is 2.25. The van der Waals surface area contributed by atoms with Crippen LogP contribution in [0.25, 0.3) is 0 Å². The molecule has 0 unspecified atom stereocenters. The van der Waals surface area contributed by atoms with Gasteiger partial charge in [-0.25, -0.2) is 4.39 Å². The van der Waals surface area contributed by atoms with Gasteiger partial charge in [-0.2, -0.15) is 0 Å². The monoisotopic (exact) mass is 406 g/mol. The summed E-state index contributed by atoms with van der Waals surface area (Å²) in [4.78, 5) is 19.4. The average Bonchev–Trinajstić information content (AvgIpc) is 2.55. The average molecular weight is 406 g/mol. The minimum Gasteiger partial charge on any atom is -0.790 e. The van der Waals surface area contributed by atoms with Crippen LogP contribution in [0.5, 0.6) is 0 Å². The summed E-state index contributed by atoms with van der Waals surface area (Å²) in [7, 11) is -5.26. The molecule has 2 saturated carbocycles. The summed E-state index contributed by atoms with van der Waals surface area (Å²) in [6.07, 6.45) is 14.1. The summed E-state index contributed by atoms with van der Waals surface area (Å²) in [5, 5.41) is 16.7. The molecule has 2 fully saturated rings. The second-order valence-corrected chi connectivity index (χ2v) is 8.00. The van der Waals surface area contributed by atoms with E-state index < -0.39 is 26.9 Å². The molecule has 0 amide bonds. The van der Waals surface area contributed by atoms with Gasteiger partial charge in [0.2, 0.25) is 5.79 Å². The second-order valence-electron chi connectivity index (χ2n) is 6.84. The summed E-state index contributed by atoms with van der Waals surface area (Å²) in [5.41, 5.74) is 8.00. The second kappa shape index (κ2) is 14.8. The van der Waals surface area contributed by atoms with E-state index in [4.69, 9.17) is 10.2 Å². The molecule has 2 rings (SSSR count). The molecule has 11 heteroatoms. The van der Waals surface area contributed by atoms with Gasteiger partial charge in [0.1, 0.15) is 13.3 Å². The fourth-order valence-electron chi connectivity index (χ4n) is 2.60. The molecule has 0 aromatic heterocycles. The molecule has 2 aliphatic carbocycles. The molecule has 160 valence electrons. The van der Waals surface area contributed by atoms with Crippen molar-refractivity contribution in [3.05, 3.63) is 0 Å². The Balaban J connectivity index is 0. The predicted octanol–water partition coefficient (Wildman–Crippen LogP) is -2.22. The van der Waals surface area contributed by atoms with Crippen LogP contribution in [0.2, 0.25) is 0 Å². The van der Waals surface area contributed by atoms with Gasteiger partial charge in [-0.05, 0) is 51.4 Å². The van der Waals surface area contributed by atoms with Crippen molar-refractivity contribution in [2.75, 3.05) is 13.3 Å².